The van der Waals surface area contributed by atoms with E-state index in [9.17, 15) is 26.4 Å². The van der Waals surface area contributed by atoms with Crippen LogP contribution in [0.15, 0.2) is 18.2 Å². The molecular formula is C22H31F3N2O4S. The second kappa shape index (κ2) is 8.61. The normalized spacial score (nSPS) is 25.8. The van der Waals surface area contributed by atoms with Crippen molar-refractivity contribution in [2.24, 2.45) is 11.8 Å². The van der Waals surface area contributed by atoms with Crippen molar-refractivity contribution in [1.29, 1.82) is 0 Å². The Kier molecular flexibility index (Phi) is 6.72. The Bertz CT molecular complexity index is 972. The largest absolute Gasteiger partial charge is 0.465 e. The molecule has 180 valence electrons. The molecule has 2 N–H and O–H groups in total. The predicted molar refractivity (Wildman–Crippen MR) is 115 cm³/mol. The highest BCUT2D eigenvalue weighted by Crippen LogP contribution is 2.48. The Morgan fingerprint density at radius 3 is 2.25 bits per heavy atom. The number of halogens is 3. The summed E-state index contributed by atoms with van der Waals surface area (Å²) < 4.78 is 71.5. The number of hydrogen-bond acceptors (Lipinski definition) is 5. The minimum atomic E-state index is -4.40. The van der Waals surface area contributed by atoms with Gasteiger partial charge in [0.15, 0.2) is 0 Å². The topological polar surface area (TPSA) is 84.5 Å². The average molecular weight is 477 g/mol. The van der Waals surface area contributed by atoms with Crippen LogP contribution in [0.25, 0.3) is 0 Å². The van der Waals surface area contributed by atoms with Gasteiger partial charge in [0, 0.05) is 6.54 Å². The van der Waals surface area contributed by atoms with Crippen LogP contribution in [0, 0.1) is 11.8 Å². The molecule has 1 aromatic rings. The Labute approximate surface area is 187 Å². The van der Waals surface area contributed by atoms with Gasteiger partial charge in [-0.25, -0.2) is 17.9 Å². The second-order valence-electron chi connectivity index (χ2n) is 9.83. The van der Waals surface area contributed by atoms with Gasteiger partial charge in [0.25, 0.3) is 0 Å². The van der Waals surface area contributed by atoms with Crippen LogP contribution in [0.5, 0.6) is 0 Å². The zero-order chi connectivity index (χ0) is 23.9. The van der Waals surface area contributed by atoms with Crippen molar-refractivity contribution in [1.82, 2.24) is 10.0 Å². The molecule has 1 saturated carbocycles. The molecule has 32 heavy (non-hydrogen) atoms. The van der Waals surface area contributed by atoms with Crippen LogP contribution in [0.1, 0.15) is 55.1 Å². The van der Waals surface area contributed by atoms with E-state index in [0.29, 0.717) is 31.2 Å². The van der Waals surface area contributed by atoms with E-state index in [0.717, 1.165) is 11.1 Å². The highest BCUT2D eigenvalue weighted by atomic mass is 32.2. The number of nitrogens with one attached hydrogen (secondary N) is 2. The lowest BCUT2D eigenvalue weighted by atomic mass is 9.79. The van der Waals surface area contributed by atoms with Crippen LogP contribution in [0.2, 0.25) is 0 Å². The lowest BCUT2D eigenvalue weighted by Crippen LogP contribution is -2.63. The van der Waals surface area contributed by atoms with E-state index in [4.69, 9.17) is 4.74 Å². The molecule has 2 bridgehead atoms. The number of fused-ring (bicyclic) bond motifs is 3. The summed E-state index contributed by atoms with van der Waals surface area (Å²) in [6.45, 7) is 3.41. The number of rotatable bonds is 6. The molecule has 10 heteroatoms. The monoisotopic (exact) mass is 476 g/mol. The van der Waals surface area contributed by atoms with E-state index in [1.54, 1.807) is 32.9 Å². The van der Waals surface area contributed by atoms with E-state index in [1.165, 1.54) is 7.11 Å². The quantitative estimate of drug-likeness (QED) is 0.616. The van der Waals surface area contributed by atoms with E-state index in [2.05, 4.69) is 10.0 Å². The lowest BCUT2D eigenvalue weighted by Gasteiger charge is -2.42. The van der Waals surface area contributed by atoms with Gasteiger partial charge in [-0.05, 0) is 81.5 Å². The van der Waals surface area contributed by atoms with Crippen LogP contribution in [0.3, 0.4) is 0 Å². The number of carbonyl (C=O) groups excluding carboxylic acids is 1. The van der Waals surface area contributed by atoms with E-state index in [-0.39, 0.29) is 18.4 Å². The molecule has 0 aromatic heterocycles. The molecule has 0 amide bonds. The first-order valence-electron chi connectivity index (χ1n) is 10.7. The number of sulfonamides is 1. The molecule has 2 aliphatic carbocycles. The Morgan fingerprint density at radius 2 is 1.72 bits per heavy atom. The second-order valence-corrected chi connectivity index (χ2v) is 12.3. The van der Waals surface area contributed by atoms with Gasteiger partial charge < -0.3 is 10.1 Å². The third-order valence-corrected chi connectivity index (χ3v) is 9.02. The Hall–Kier alpha value is -1.65. The van der Waals surface area contributed by atoms with Crippen molar-refractivity contribution in [2.75, 3.05) is 20.2 Å². The van der Waals surface area contributed by atoms with Crippen LogP contribution < -0.4 is 10.0 Å². The fourth-order valence-corrected chi connectivity index (χ4v) is 6.13. The van der Waals surface area contributed by atoms with Crippen LogP contribution in [-0.2, 0) is 27.6 Å². The van der Waals surface area contributed by atoms with Crippen molar-refractivity contribution in [3.63, 3.8) is 0 Å². The maximum Gasteiger partial charge on any atom is 0.401 e. The smallest absolute Gasteiger partial charge is 0.401 e. The van der Waals surface area contributed by atoms with Crippen molar-refractivity contribution < 1.29 is 31.1 Å². The summed E-state index contributed by atoms with van der Waals surface area (Å²) in [7, 11) is -2.52. The van der Waals surface area contributed by atoms with Gasteiger partial charge in [0.05, 0.1) is 29.5 Å². The molecule has 0 spiro atoms. The first kappa shape index (κ1) is 25.0. The minimum Gasteiger partial charge on any atom is -0.465 e. The molecule has 0 aliphatic heterocycles. The van der Waals surface area contributed by atoms with Gasteiger partial charge >= 0.3 is 12.1 Å². The third-order valence-electron chi connectivity index (χ3n) is 6.75. The number of esters is 1. The fraction of sp³-hybridized carbons (Fsp3) is 0.682. The number of methoxy groups -OCH3 is 1. The number of benzene rings is 1. The Morgan fingerprint density at radius 1 is 1.12 bits per heavy atom. The first-order valence-corrected chi connectivity index (χ1v) is 12.2. The molecule has 0 heterocycles. The van der Waals surface area contributed by atoms with Gasteiger partial charge in [0.2, 0.25) is 10.0 Å². The SMILES string of the molecule is COC(=O)c1ccc2c(c1)C[C@H]1CC[C@@H](C2)[C@@]1(CNCC(F)(F)F)NS(=O)(=O)C(C)(C)C. The maximum absolute atomic E-state index is 13.1. The molecule has 1 aromatic carbocycles. The molecule has 0 saturated heterocycles. The summed E-state index contributed by atoms with van der Waals surface area (Å²) in [6.07, 6.45) is -2.01. The van der Waals surface area contributed by atoms with Gasteiger partial charge in [-0.3, -0.25) is 0 Å². The molecule has 1 fully saturated rings. The molecule has 6 nitrogen and oxygen atoms in total. The summed E-state index contributed by atoms with van der Waals surface area (Å²) in [4.78, 5) is 12.0. The predicted octanol–water partition coefficient (Wildman–Crippen LogP) is 3.21. The van der Waals surface area contributed by atoms with E-state index in [1.807, 2.05) is 6.07 Å². The molecule has 2 aliphatic rings. The number of ether oxygens (including phenoxy) is 1. The van der Waals surface area contributed by atoms with Crippen molar-refractivity contribution in [3.8, 4) is 0 Å². The average Bonchev–Trinajstić information content (AvgIpc) is 2.88. The van der Waals surface area contributed by atoms with Crippen molar-refractivity contribution in [2.45, 2.75) is 62.9 Å². The standard InChI is InChI=1S/C22H31F3N2O4S/c1-20(2,3)32(29,30)27-21(12-26-13-22(23,24)25)17-7-8-18(21)11-16-9-15(19(28)31-4)6-5-14(16)10-17/h5-6,9,17-18,26-27H,7-8,10-13H2,1-4H3/t17-,18+,21+/m0/s1. The van der Waals surface area contributed by atoms with E-state index < -0.39 is 39.0 Å². The summed E-state index contributed by atoms with van der Waals surface area (Å²) in [5, 5.41) is 2.48. The van der Waals surface area contributed by atoms with Gasteiger partial charge in [0.1, 0.15) is 0 Å². The summed E-state index contributed by atoms with van der Waals surface area (Å²) >= 11 is 0. The van der Waals surface area contributed by atoms with Crippen LogP contribution in [-0.4, -0.2) is 51.0 Å². The minimum absolute atomic E-state index is 0.116. The third kappa shape index (κ3) is 4.97. The molecular weight excluding hydrogens is 445 g/mol. The van der Waals surface area contributed by atoms with Crippen molar-refractivity contribution in [3.05, 3.63) is 34.9 Å². The van der Waals surface area contributed by atoms with E-state index >= 15 is 0 Å². The molecule has 3 atom stereocenters. The highest BCUT2D eigenvalue weighted by Gasteiger charge is 2.54. The maximum atomic E-state index is 13.1. The molecule has 3 rings (SSSR count). The zero-order valence-electron chi connectivity index (χ0n) is 18.8. The summed E-state index contributed by atoms with van der Waals surface area (Å²) in [6, 6.07) is 5.27. The zero-order valence-corrected chi connectivity index (χ0v) is 19.6. The fourth-order valence-electron chi connectivity index (χ4n) is 4.92. The lowest BCUT2D eigenvalue weighted by molar-refractivity contribution is -0.125. The summed E-state index contributed by atoms with van der Waals surface area (Å²) in [5.41, 5.74) is 1.25. The van der Waals surface area contributed by atoms with Gasteiger partial charge in [-0.15, -0.1) is 0 Å². The first-order chi connectivity index (χ1) is 14.7. The van der Waals surface area contributed by atoms with Crippen LogP contribution >= 0.6 is 0 Å². The molecule has 0 radical (unpaired) electrons. The number of carbonyl (C=O) groups is 1. The highest BCUT2D eigenvalue weighted by molar-refractivity contribution is 7.90. The van der Waals surface area contributed by atoms with Crippen molar-refractivity contribution >= 4 is 16.0 Å². The molecule has 0 unspecified atom stereocenters. The van der Waals surface area contributed by atoms with Crippen LogP contribution in [0.4, 0.5) is 13.2 Å². The summed E-state index contributed by atoms with van der Waals surface area (Å²) in [5.74, 6) is -0.844. The van der Waals surface area contributed by atoms with Gasteiger partial charge in [-0.1, -0.05) is 6.07 Å². The number of alkyl halides is 3. The number of hydrogen-bond donors (Lipinski definition) is 2. The Balaban J connectivity index is 2.00. The van der Waals surface area contributed by atoms with Gasteiger partial charge in [-0.2, -0.15) is 13.2 Å².